The topological polar surface area (TPSA) is 35.2 Å². The zero-order valence-corrected chi connectivity index (χ0v) is 14.1. The van der Waals surface area contributed by atoms with Crippen molar-refractivity contribution in [3.8, 4) is 0 Å². The molecule has 2 N–H and O–H groups in total. The molecule has 0 fully saturated rings. The van der Waals surface area contributed by atoms with Gasteiger partial charge in [-0.25, -0.2) is 0 Å². The van der Waals surface area contributed by atoms with Crippen molar-refractivity contribution in [2.24, 2.45) is 5.90 Å². The third-order valence-electron chi connectivity index (χ3n) is 4.39. The Bertz CT molecular complexity index is 620. The first-order chi connectivity index (χ1) is 11.4. The summed E-state index contributed by atoms with van der Waals surface area (Å²) in [7, 11) is -2.15. The number of hydrogen-bond acceptors (Lipinski definition) is 2. The van der Waals surface area contributed by atoms with Gasteiger partial charge in [0, 0.05) is 0 Å². The van der Waals surface area contributed by atoms with E-state index in [1.54, 1.807) is 0 Å². The zero-order valence-electron chi connectivity index (χ0n) is 13.1. The average Bonchev–Trinajstić information content (AvgIpc) is 2.65. The Kier molecular flexibility index (Phi) is 5.19. The van der Waals surface area contributed by atoms with Crippen LogP contribution in [0, 0.1) is 0 Å². The van der Waals surface area contributed by atoms with E-state index < -0.39 is 7.26 Å². The van der Waals surface area contributed by atoms with E-state index in [-0.39, 0.29) is 0 Å². The molecule has 0 atom stereocenters. The Labute approximate surface area is 138 Å². The first-order valence-corrected chi connectivity index (χ1v) is 10.1. The molecule has 0 saturated carbocycles. The van der Waals surface area contributed by atoms with Crippen LogP contribution in [0.15, 0.2) is 91.0 Å². The average molecular weight is 323 g/mol. The minimum absolute atomic E-state index is 0.547. The van der Waals surface area contributed by atoms with Crippen LogP contribution in [0.25, 0.3) is 0 Å². The van der Waals surface area contributed by atoms with Gasteiger partial charge in [-0.3, -0.25) is 0 Å². The van der Waals surface area contributed by atoms with Gasteiger partial charge in [-0.05, 0) is 0 Å². The number of hydrogen-bond donors (Lipinski definition) is 1. The molecule has 2 nitrogen and oxygen atoms in total. The summed E-state index contributed by atoms with van der Waals surface area (Å²) in [6, 6.07) is 32.3. The fourth-order valence-corrected chi connectivity index (χ4v) is 7.89. The molecule has 118 valence electrons. The van der Waals surface area contributed by atoms with E-state index in [9.17, 15) is 0 Å². The van der Waals surface area contributed by atoms with Crippen molar-refractivity contribution >= 4 is 23.2 Å². The second kappa shape index (κ2) is 7.52. The number of benzene rings is 3. The van der Waals surface area contributed by atoms with Crippen molar-refractivity contribution in [3.63, 3.8) is 0 Å². The van der Waals surface area contributed by atoms with Gasteiger partial charge in [-0.15, -0.1) is 0 Å². The summed E-state index contributed by atoms with van der Waals surface area (Å²) >= 11 is 0. The second-order valence-electron chi connectivity index (χ2n) is 5.62. The van der Waals surface area contributed by atoms with Gasteiger partial charge in [-0.1, -0.05) is 0 Å². The van der Waals surface area contributed by atoms with Crippen LogP contribution < -0.4 is 21.8 Å². The van der Waals surface area contributed by atoms with Crippen molar-refractivity contribution in [3.05, 3.63) is 91.0 Å². The molecule has 3 rings (SSSR count). The molecule has 3 aromatic rings. The first kappa shape index (κ1) is 15.9. The van der Waals surface area contributed by atoms with Gasteiger partial charge in [0.05, 0.1) is 0 Å². The molecule has 23 heavy (non-hydrogen) atoms. The Morgan fingerprint density at radius 2 is 0.957 bits per heavy atom. The summed E-state index contributed by atoms with van der Waals surface area (Å²) in [5.74, 6) is 5.39. The van der Waals surface area contributed by atoms with Crippen molar-refractivity contribution in [1.29, 1.82) is 0 Å². The summed E-state index contributed by atoms with van der Waals surface area (Å²) in [5, 5.41) is 4.15. The summed E-state index contributed by atoms with van der Waals surface area (Å²) < 4.78 is 0. The van der Waals surface area contributed by atoms with Gasteiger partial charge in [0.1, 0.15) is 0 Å². The van der Waals surface area contributed by atoms with Crippen LogP contribution >= 0.6 is 7.26 Å². The molecule has 3 aromatic carbocycles. The van der Waals surface area contributed by atoms with Gasteiger partial charge in [-0.2, -0.15) is 0 Å². The maximum atomic E-state index is 5.39. The summed E-state index contributed by atoms with van der Waals surface area (Å²) in [5.41, 5.74) is 0. The molecule has 0 radical (unpaired) electrons. The van der Waals surface area contributed by atoms with Crippen LogP contribution in [0.1, 0.15) is 0 Å². The quantitative estimate of drug-likeness (QED) is 0.559. The van der Waals surface area contributed by atoms with Gasteiger partial charge in [0.25, 0.3) is 0 Å². The third kappa shape index (κ3) is 3.20. The van der Waals surface area contributed by atoms with Crippen LogP contribution in [-0.4, -0.2) is 12.8 Å². The molecule has 0 bridgehead atoms. The Morgan fingerprint density at radius 1 is 0.609 bits per heavy atom. The standard InChI is InChI=1S/C20H22NOP/c21-22-16-17-23(18-10-4-1-5-11-18,19-12-6-2-7-13-19)20-14-8-3-9-15-20/h1-15,23H,16-17,21H2. The Hall–Kier alpha value is -1.99. The third-order valence-corrected chi connectivity index (χ3v) is 9.31. The molecular formula is C20H22NOP. The molecule has 0 heterocycles. The number of rotatable bonds is 6. The van der Waals surface area contributed by atoms with Crippen LogP contribution in [-0.2, 0) is 4.84 Å². The molecule has 0 unspecified atom stereocenters. The molecule has 3 heteroatoms. The van der Waals surface area contributed by atoms with Crippen LogP contribution in [0.5, 0.6) is 0 Å². The van der Waals surface area contributed by atoms with E-state index in [1.807, 2.05) is 0 Å². The van der Waals surface area contributed by atoms with Crippen LogP contribution in [0.4, 0.5) is 0 Å². The van der Waals surface area contributed by atoms with E-state index in [0.717, 1.165) is 6.16 Å². The molecule has 0 aliphatic heterocycles. The van der Waals surface area contributed by atoms with E-state index in [0.29, 0.717) is 6.61 Å². The van der Waals surface area contributed by atoms with Gasteiger partial charge in [0.2, 0.25) is 0 Å². The van der Waals surface area contributed by atoms with E-state index in [1.165, 1.54) is 15.9 Å². The molecule has 0 aliphatic rings. The monoisotopic (exact) mass is 323 g/mol. The SMILES string of the molecule is NOCC[PH](c1ccccc1)(c1ccccc1)c1ccccc1. The predicted octanol–water partition coefficient (Wildman–Crippen LogP) is 2.60. The summed E-state index contributed by atoms with van der Waals surface area (Å²) in [6.45, 7) is 0.547. The zero-order chi connectivity index (χ0) is 16.0. The summed E-state index contributed by atoms with van der Waals surface area (Å²) in [6.07, 6.45) is 0.918. The predicted molar refractivity (Wildman–Crippen MR) is 102 cm³/mol. The van der Waals surface area contributed by atoms with E-state index in [2.05, 4.69) is 91.0 Å². The van der Waals surface area contributed by atoms with Gasteiger partial charge >= 0.3 is 138 Å². The molecule has 0 amide bonds. The fourth-order valence-electron chi connectivity index (χ4n) is 3.31. The summed E-state index contributed by atoms with van der Waals surface area (Å²) in [4.78, 5) is 5.00. The normalized spacial score (nSPS) is 12.0. The van der Waals surface area contributed by atoms with Crippen molar-refractivity contribution < 1.29 is 4.84 Å². The van der Waals surface area contributed by atoms with E-state index >= 15 is 0 Å². The minimum atomic E-state index is -2.15. The Balaban J connectivity index is 2.25. The Morgan fingerprint density at radius 3 is 1.26 bits per heavy atom. The first-order valence-electron chi connectivity index (χ1n) is 7.86. The van der Waals surface area contributed by atoms with Crippen molar-refractivity contribution in [2.75, 3.05) is 12.8 Å². The number of nitrogens with two attached hydrogens (primary N) is 1. The molecule has 0 saturated heterocycles. The van der Waals surface area contributed by atoms with Crippen LogP contribution in [0.3, 0.4) is 0 Å². The van der Waals surface area contributed by atoms with Gasteiger partial charge in [0.15, 0.2) is 0 Å². The van der Waals surface area contributed by atoms with Crippen molar-refractivity contribution in [2.45, 2.75) is 0 Å². The molecule has 0 aliphatic carbocycles. The maximum absolute atomic E-state index is 5.39. The molecule has 0 aromatic heterocycles. The molecule has 0 spiro atoms. The van der Waals surface area contributed by atoms with Crippen molar-refractivity contribution in [1.82, 2.24) is 0 Å². The van der Waals surface area contributed by atoms with Crippen LogP contribution in [0.2, 0.25) is 0 Å². The fraction of sp³-hybridized carbons (Fsp3) is 0.100. The van der Waals surface area contributed by atoms with Gasteiger partial charge < -0.3 is 0 Å². The second-order valence-corrected chi connectivity index (χ2v) is 9.67. The van der Waals surface area contributed by atoms with E-state index in [4.69, 9.17) is 10.7 Å². The molecular weight excluding hydrogens is 301 g/mol.